The molecule has 0 aliphatic heterocycles. The van der Waals surface area contributed by atoms with Crippen LogP contribution in [0.15, 0.2) is 84.0 Å². The quantitative estimate of drug-likeness (QED) is 0.344. The molecule has 0 aliphatic rings. The molecule has 2 nitrogen and oxygen atoms in total. The summed E-state index contributed by atoms with van der Waals surface area (Å²) in [6.45, 7) is 16.4. The molecule has 2 aromatic rings. The van der Waals surface area contributed by atoms with Crippen molar-refractivity contribution in [2.75, 3.05) is 11.9 Å². The molecule has 0 N–H and O–H groups in total. The third-order valence-electron chi connectivity index (χ3n) is 5.09. The molecule has 2 aromatic carbocycles. The van der Waals surface area contributed by atoms with Gasteiger partial charge in [-0.25, -0.2) is 0 Å². The predicted molar refractivity (Wildman–Crippen MR) is 135 cm³/mol. The van der Waals surface area contributed by atoms with E-state index >= 15 is 0 Å². The summed E-state index contributed by atoms with van der Waals surface area (Å²) >= 11 is 0. The van der Waals surface area contributed by atoms with E-state index in [4.69, 9.17) is 0 Å². The maximum absolute atomic E-state index is 4.64. The summed E-state index contributed by atoms with van der Waals surface area (Å²) in [6.07, 6.45) is 8.11. The summed E-state index contributed by atoms with van der Waals surface area (Å²) in [7, 11) is 2.10. The Morgan fingerprint density at radius 3 is 2.13 bits per heavy atom. The van der Waals surface area contributed by atoms with Crippen molar-refractivity contribution in [2.45, 2.75) is 41.5 Å². The fourth-order valence-electron chi connectivity index (χ4n) is 3.24. The van der Waals surface area contributed by atoms with Crippen LogP contribution in [0.5, 0.6) is 0 Å². The van der Waals surface area contributed by atoms with E-state index in [1.165, 1.54) is 33.6 Å². The Bertz CT molecular complexity index is 1010. The van der Waals surface area contributed by atoms with Gasteiger partial charge in [0.2, 0.25) is 0 Å². The van der Waals surface area contributed by atoms with Crippen LogP contribution in [0.2, 0.25) is 0 Å². The van der Waals surface area contributed by atoms with Crippen LogP contribution in [-0.2, 0) is 0 Å². The van der Waals surface area contributed by atoms with E-state index in [1.54, 1.807) is 6.08 Å². The average molecular weight is 399 g/mol. The van der Waals surface area contributed by atoms with Crippen molar-refractivity contribution in [1.29, 1.82) is 0 Å². The molecule has 0 unspecified atom stereocenters. The largest absolute Gasteiger partial charge is 0.348 e. The number of hydrogen-bond acceptors (Lipinski definition) is 2. The van der Waals surface area contributed by atoms with Crippen molar-refractivity contribution in [3.05, 3.63) is 101 Å². The zero-order chi connectivity index (χ0) is 22.3. The zero-order valence-corrected chi connectivity index (χ0v) is 19.5. The Balaban J connectivity index is 2.28. The average Bonchev–Trinajstić information content (AvgIpc) is 2.71. The Labute approximate surface area is 182 Å². The normalized spacial score (nSPS) is 12.6. The first-order valence-electron chi connectivity index (χ1n) is 10.3. The van der Waals surface area contributed by atoms with Crippen molar-refractivity contribution < 1.29 is 0 Å². The molecule has 156 valence electrons. The summed E-state index contributed by atoms with van der Waals surface area (Å²) in [5.74, 6) is 0. The van der Waals surface area contributed by atoms with E-state index in [0.717, 1.165) is 17.0 Å². The van der Waals surface area contributed by atoms with Crippen LogP contribution in [0, 0.1) is 13.8 Å². The zero-order valence-electron chi connectivity index (χ0n) is 19.5. The van der Waals surface area contributed by atoms with Gasteiger partial charge in [-0.15, -0.1) is 0 Å². The van der Waals surface area contributed by atoms with E-state index in [2.05, 4.69) is 106 Å². The maximum atomic E-state index is 4.64. The first kappa shape index (κ1) is 23.2. The van der Waals surface area contributed by atoms with Gasteiger partial charge in [-0.2, -0.15) is 0 Å². The third kappa shape index (κ3) is 6.18. The van der Waals surface area contributed by atoms with Crippen LogP contribution in [0.3, 0.4) is 0 Å². The summed E-state index contributed by atoms with van der Waals surface area (Å²) in [5.41, 5.74) is 10.4. The van der Waals surface area contributed by atoms with Gasteiger partial charge in [-0.3, -0.25) is 4.99 Å². The summed E-state index contributed by atoms with van der Waals surface area (Å²) in [5, 5.41) is 0. The molecule has 0 bridgehead atoms. The number of nitrogens with zero attached hydrogens (tertiary/aromatic N) is 2. The summed E-state index contributed by atoms with van der Waals surface area (Å²) < 4.78 is 0. The van der Waals surface area contributed by atoms with Gasteiger partial charge in [0, 0.05) is 29.7 Å². The number of rotatable bonds is 7. The number of hydrogen-bond donors (Lipinski definition) is 0. The van der Waals surface area contributed by atoms with Crippen molar-refractivity contribution in [3.63, 3.8) is 0 Å². The van der Waals surface area contributed by atoms with Crippen LogP contribution in [0.1, 0.15) is 49.9 Å². The molecule has 2 rings (SSSR count). The second-order valence-electron chi connectivity index (χ2n) is 7.93. The molecule has 0 atom stereocenters. The lowest BCUT2D eigenvalue weighted by atomic mass is 9.97. The molecule has 0 heterocycles. The van der Waals surface area contributed by atoms with E-state index in [1.807, 2.05) is 19.9 Å². The fourth-order valence-corrected chi connectivity index (χ4v) is 3.24. The highest BCUT2D eigenvalue weighted by Crippen LogP contribution is 2.25. The summed E-state index contributed by atoms with van der Waals surface area (Å²) in [4.78, 5) is 6.85. The summed E-state index contributed by atoms with van der Waals surface area (Å²) in [6, 6.07) is 15.1. The van der Waals surface area contributed by atoms with Crippen LogP contribution >= 0.6 is 0 Å². The van der Waals surface area contributed by atoms with E-state index in [-0.39, 0.29) is 0 Å². The van der Waals surface area contributed by atoms with Crippen LogP contribution < -0.4 is 4.90 Å². The number of benzene rings is 2. The first-order valence-corrected chi connectivity index (χ1v) is 10.3. The van der Waals surface area contributed by atoms with Gasteiger partial charge in [0.25, 0.3) is 0 Å². The van der Waals surface area contributed by atoms with Gasteiger partial charge < -0.3 is 4.90 Å². The molecule has 0 spiro atoms. The molecular weight excluding hydrogens is 364 g/mol. The monoisotopic (exact) mass is 398 g/mol. The number of aliphatic imine (C=N–C) groups is 1. The molecule has 0 aliphatic carbocycles. The molecule has 2 heteroatoms. The number of aryl methyl sites for hydroxylation is 2. The van der Waals surface area contributed by atoms with Crippen molar-refractivity contribution >= 4 is 22.7 Å². The Hall–Kier alpha value is -3.13. The van der Waals surface area contributed by atoms with Crippen LogP contribution in [0.25, 0.3) is 11.3 Å². The molecule has 30 heavy (non-hydrogen) atoms. The molecule has 0 fully saturated rings. The molecular formula is C28H34N2. The fraction of sp³-hybridized carbons (Fsp3) is 0.250. The Morgan fingerprint density at radius 2 is 1.57 bits per heavy atom. The van der Waals surface area contributed by atoms with Gasteiger partial charge in [0.1, 0.15) is 0 Å². The second kappa shape index (κ2) is 10.6. The highest BCUT2D eigenvalue weighted by molar-refractivity contribution is 5.86. The third-order valence-corrected chi connectivity index (χ3v) is 5.09. The van der Waals surface area contributed by atoms with E-state index in [0.29, 0.717) is 0 Å². The van der Waals surface area contributed by atoms with Crippen molar-refractivity contribution in [2.24, 2.45) is 4.99 Å². The number of anilines is 1. The van der Waals surface area contributed by atoms with Gasteiger partial charge in [0.05, 0.1) is 5.70 Å². The molecule has 0 saturated heterocycles. The molecule has 0 saturated carbocycles. The second-order valence-corrected chi connectivity index (χ2v) is 7.93. The van der Waals surface area contributed by atoms with Crippen molar-refractivity contribution in [3.8, 4) is 0 Å². The maximum Gasteiger partial charge on any atom is 0.0700 e. The minimum Gasteiger partial charge on any atom is -0.348 e. The Morgan fingerprint density at radius 1 is 0.900 bits per heavy atom. The van der Waals surface area contributed by atoms with Gasteiger partial charge >= 0.3 is 0 Å². The highest BCUT2D eigenvalue weighted by Gasteiger charge is 2.06. The lowest BCUT2D eigenvalue weighted by molar-refractivity contribution is 1.09. The van der Waals surface area contributed by atoms with Gasteiger partial charge in [0.15, 0.2) is 0 Å². The smallest absolute Gasteiger partial charge is 0.0700 e. The van der Waals surface area contributed by atoms with E-state index < -0.39 is 0 Å². The molecule has 0 amide bonds. The van der Waals surface area contributed by atoms with Crippen LogP contribution in [-0.4, -0.2) is 12.8 Å². The minimum absolute atomic E-state index is 0.941. The SMILES string of the molecule is C=C/C=C(\N=C(C)C)c1ccc(/C(C)=C/C=C(\C)N(C)c2ccc(C)cc2)c(C)c1. The van der Waals surface area contributed by atoms with Crippen molar-refractivity contribution in [1.82, 2.24) is 0 Å². The first-order chi connectivity index (χ1) is 14.2. The minimum atomic E-state index is 0.941. The number of allylic oxidation sites excluding steroid dienone is 6. The lowest BCUT2D eigenvalue weighted by Crippen LogP contribution is -2.13. The molecule has 0 aromatic heterocycles. The highest BCUT2D eigenvalue weighted by atomic mass is 15.1. The predicted octanol–water partition coefficient (Wildman–Crippen LogP) is 7.75. The Kier molecular flexibility index (Phi) is 8.17. The van der Waals surface area contributed by atoms with Gasteiger partial charge in [-0.05, 0) is 88.6 Å². The topological polar surface area (TPSA) is 15.6 Å². The standard InChI is InChI=1S/C28H34N2/c1-9-10-28(29-20(2)3)25-15-18-27(23(6)19-25)22(5)13-14-24(7)30(8)26-16-11-21(4)12-17-26/h9-19H,1H2,2-8H3/b22-13+,24-14+,28-10-. The van der Waals surface area contributed by atoms with E-state index in [9.17, 15) is 0 Å². The van der Waals surface area contributed by atoms with Gasteiger partial charge in [-0.1, -0.05) is 48.6 Å². The molecule has 0 radical (unpaired) electrons. The van der Waals surface area contributed by atoms with Crippen LogP contribution in [0.4, 0.5) is 5.69 Å². The lowest BCUT2D eigenvalue weighted by Gasteiger charge is -2.20.